The fourth-order valence-corrected chi connectivity index (χ4v) is 2.14. The highest BCUT2D eigenvalue weighted by atomic mass is 19.1. The Balaban J connectivity index is 2.67. The highest BCUT2D eigenvalue weighted by molar-refractivity contribution is 5.77. The lowest BCUT2D eigenvalue weighted by atomic mass is 9.92. The van der Waals surface area contributed by atoms with Crippen molar-refractivity contribution in [1.29, 1.82) is 0 Å². The van der Waals surface area contributed by atoms with Crippen LogP contribution in [0.4, 0.5) is 4.39 Å². The summed E-state index contributed by atoms with van der Waals surface area (Å²) in [6.45, 7) is 4.64. The lowest BCUT2D eigenvalue weighted by Gasteiger charge is -2.22. The number of rotatable bonds is 3. The van der Waals surface area contributed by atoms with Crippen LogP contribution in [0.25, 0.3) is 11.1 Å². The van der Waals surface area contributed by atoms with Gasteiger partial charge >= 0.3 is 5.97 Å². The minimum absolute atomic E-state index is 0.0790. The van der Waals surface area contributed by atoms with Crippen LogP contribution in [0.2, 0.25) is 0 Å². The molecule has 0 heterocycles. The van der Waals surface area contributed by atoms with Crippen LogP contribution in [0, 0.1) is 5.82 Å². The van der Waals surface area contributed by atoms with E-state index in [2.05, 4.69) is 0 Å². The zero-order chi connectivity index (χ0) is 15.6. The molecule has 0 radical (unpaired) electrons. The van der Waals surface area contributed by atoms with Crippen LogP contribution in [0.5, 0.6) is 5.75 Å². The van der Waals surface area contributed by atoms with Gasteiger partial charge in [0.05, 0.1) is 0 Å². The first-order valence-corrected chi connectivity index (χ1v) is 6.66. The number of nitrogens with two attached hydrogens (primary N) is 1. The third-order valence-electron chi connectivity index (χ3n) is 3.12. The van der Waals surface area contributed by atoms with Gasteiger partial charge in [-0.1, -0.05) is 42.5 Å². The van der Waals surface area contributed by atoms with E-state index in [4.69, 9.17) is 10.5 Å². The SMILES string of the molecule is CC(=O)Oc1c(-c2ccccc2)ccc(C(C)(C)N)c1F. The molecule has 0 amide bonds. The molecule has 0 aromatic heterocycles. The number of ether oxygens (including phenoxy) is 1. The number of hydrogen-bond acceptors (Lipinski definition) is 3. The Morgan fingerprint density at radius 1 is 1.14 bits per heavy atom. The molecule has 0 saturated heterocycles. The van der Waals surface area contributed by atoms with Crippen LogP contribution in [0.15, 0.2) is 42.5 Å². The van der Waals surface area contributed by atoms with Crippen molar-refractivity contribution in [2.45, 2.75) is 26.3 Å². The van der Waals surface area contributed by atoms with Crippen LogP contribution in [0.3, 0.4) is 0 Å². The molecule has 2 aromatic carbocycles. The van der Waals surface area contributed by atoms with Gasteiger partial charge in [0.15, 0.2) is 11.6 Å². The highest BCUT2D eigenvalue weighted by Crippen LogP contribution is 2.37. The number of esters is 1. The predicted octanol–water partition coefficient (Wildman–Crippen LogP) is 3.61. The fourth-order valence-electron chi connectivity index (χ4n) is 2.14. The summed E-state index contributed by atoms with van der Waals surface area (Å²) in [6, 6.07) is 12.6. The molecule has 4 heteroatoms. The third kappa shape index (κ3) is 3.28. The number of carbonyl (C=O) groups is 1. The summed E-state index contributed by atoms with van der Waals surface area (Å²) in [6.07, 6.45) is 0. The smallest absolute Gasteiger partial charge is 0.308 e. The van der Waals surface area contributed by atoms with Gasteiger partial charge in [-0.25, -0.2) is 4.39 Å². The molecule has 21 heavy (non-hydrogen) atoms. The van der Waals surface area contributed by atoms with Crippen LogP contribution >= 0.6 is 0 Å². The van der Waals surface area contributed by atoms with Gasteiger partial charge in [0.1, 0.15) is 0 Å². The van der Waals surface area contributed by atoms with Crippen LogP contribution in [-0.4, -0.2) is 5.97 Å². The van der Waals surface area contributed by atoms with E-state index in [0.717, 1.165) is 5.56 Å². The number of halogens is 1. The molecule has 0 unspecified atom stereocenters. The van der Waals surface area contributed by atoms with Gasteiger partial charge in [0, 0.05) is 23.6 Å². The van der Waals surface area contributed by atoms with Gasteiger partial charge in [-0.3, -0.25) is 4.79 Å². The van der Waals surface area contributed by atoms with Crippen molar-refractivity contribution in [3.05, 3.63) is 53.8 Å². The topological polar surface area (TPSA) is 52.3 Å². The molecular formula is C17H18FNO2. The van der Waals surface area contributed by atoms with Gasteiger partial charge in [-0.2, -0.15) is 0 Å². The van der Waals surface area contributed by atoms with Crippen molar-refractivity contribution in [3.8, 4) is 16.9 Å². The van der Waals surface area contributed by atoms with Gasteiger partial charge in [0.25, 0.3) is 0 Å². The van der Waals surface area contributed by atoms with E-state index in [0.29, 0.717) is 11.1 Å². The molecule has 0 fully saturated rings. The number of carbonyl (C=O) groups excluding carboxylic acids is 1. The standard InChI is InChI=1S/C17H18FNO2/c1-11(20)21-16-13(12-7-5-4-6-8-12)9-10-14(15(16)18)17(2,3)19/h4-10H,19H2,1-3H3. The second-order valence-electron chi connectivity index (χ2n) is 5.49. The number of hydrogen-bond donors (Lipinski definition) is 1. The quantitative estimate of drug-likeness (QED) is 0.693. The lowest BCUT2D eigenvalue weighted by Crippen LogP contribution is -2.30. The van der Waals surface area contributed by atoms with Crippen molar-refractivity contribution in [2.24, 2.45) is 5.73 Å². The molecule has 0 saturated carbocycles. The molecule has 0 aliphatic heterocycles. The second-order valence-corrected chi connectivity index (χ2v) is 5.49. The first kappa shape index (κ1) is 15.2. The zero-order valence-corrected chi connectivity index (χ0v) is 12.3. The van der Waals surface area contributed by atoms with Gasteiger partial charge in [-0.05, 0) is 19.4 Å². The van der Waals surface area contributed by atoms with Crippen molar-refractivity contribution < 1.29 is 13.9 Å². The normalized spacial score (nSPS) is 11.3. The first-order chi connectivity index (χ1) is 9.80. The molecule has 2 rings (SSSR count). The second kappa shape index (κ2) is 5.66. The Morgan fingerprint density at radius 3 is 2.29 bits per heavy atom. The number of benzene rings is 2. The van der Waals surface area contributed by atoms with E-state index >= 15 is 0 Å². The summed E-state index contributed by atoms with van der Waals surface area (Å²) < 4.78 is 19.8. The van der Waals surface area contributed by atoms with Crippen molar-refractivity contribution in [1.82, 2.24) is 0 Å². The summed E-state index contributed by atoms with van der Waals surface area (Å²) >= 11 is 0. The highest BCUT2D eigenvalue weighted by Gasteiger charge is 2.25. The van der Waals surface area contributed by atoms with E-state index in [1.807, 2.05) is 30.3 Å². The minimum atomic E-state index is -0.867. The Bertz CT molecular complexity index is 660. The maximum absolute atomic E-state index is 14.7. The van der Waals surface area contributed by atoms with Crippen LogP contribution < -0.4 is 10.5 Å². The van der Waals surface area contributed by atoms with E-state index in [1.54, 1.807) is 26.0 Å². The Morgan fingerprint density at radius 2 is 1.76 bits per heavy atom. The predicted molar refractivity (Wildman–Crippen MR) is 80.4 cm³/mol. The Labute approximate surface area is 123 Å². The molecular weight excluding hydrogens is 269 g/mol. The summed E-state index contributed by atoms with van der Waals surface area (Å²) in [5, 5.41) is 0. The average molecular weight is 287 g/mol. The molecule has 3 nitrogen and oxygen atoms in total. The molecule has 0 bridgehead atoms. The molecule has 2 N–H and O–H groups in total. The molecule has 2 aromatic rings. The van der Waals surface area contributed by atoms with Crippen LogP contribution in [0.1, 0.15) is 26.3 Å². The molecule has 0 spiro atoms. The summed E-state index contributed by atoms with van der Waals surface area (Å²) in [7, 11) is 0. The first-order valence-electron chi connectivity index (χ1n) is 6.66. The maximum atomic E-state index is 14.7. The summed E-state index contributed by atoms with van der Waals surface area (Å²) in [4.78, 5) is 11.3. The van der Waals surface area contributed by atoms with Gasteiger partial charge < -0.3 is 10.5 Å². The van der Waals surface area contributed by atoms with E-state index in [9.17, 15) is 9.18 Å². The molecule has 0 aliphatic carbocycles. The lowest BCUT2D eigenvalue weighted by molar-refractivity contribution is -0.132. The zero-order valence-electron chi connectivity index (χ0n) is 12.3. The summed E-state index contributed by atoms with van der Waals surface area (Å²) in [5.41, 5.74) is 6.70. The average Bonchev–Trinajstić information content (AvgIpc) is 2.40. The third-order valence-corrected chi connectivity index (χ3v) is 3.12. The summed E-state index contributed by atoms with van der Waals surface area (Å²) in [5.74, 6) is -1.25. The van der Waals surface area contributed by atoms with E-state index in [1.165, 1.54) is 6.92 Å². The van der Waals surface area contributed by atoms with Crippen molar-refractivity contribution in [2.75, 3.05) is 0 Å². The van der Waals surface area contributed by atoms with Crippen LogP contribution in [-0.2, 0) is 10.3 Å². The molecule has 0 atom stereocenters. The van der Waals surface area contributed by atoms with Gasteiger partial charge in [0.2, 0.25) is 0 Å². The maximum Gasteiger partial charge on any atom is 0.308 e. The molecule has 0 aliphatic rings. The minimum Gasteiger partial charge on any atom is -0.423 e. The van der Waals surface area contributed by atoms with Crippen molar-refractivity contribution >= 4 is 5.97 Å². The molecule has 110 valence electrons. The van der Waals surface area contributed by atoms with E-state index in [-0.39, 0.29) is 5.75 Å². The van der Waals surface area contributed by atoms with E-state index < -0.39 is 17.3 Å². The Kier molecular flexibility index (Phi) is 4.09. The fraction of sp³-hybridized carbons (Fsp3) is 0.235. The van der Waals surface area contributed by atoms with Gasteiger partial charge in [-0.15, -0.1) is 0 Å². The Hall–Kier alpha value is -2.20. The largest absolute Gasteiger partial charge is 0.423 e. The monoisotopic (exact) mass is 287 g/mol. The van der Waals surface area contributed by atoms with Crippen molar-refractivity contribution in [3.63, 3.8) is 0 Å².